The van der Waals surface area contributed by atoms with Crippen molar-refractivity contribution in [2.45, 2.75) is 59.0 Å². The molecule has 0 spiro atoms. The molecule has 0 bridgehead atoms. The molecular weight excluding hydrogens is 248 g/mol. The monoisotopic (exact) mass is 274 g/mol. The SMILES string of the molecule is Cc1ccc(C(C)C)c(OCC(C)(C#N)NC(C)C)c1. The van der Waals surface area contributed by atoms with Gasteiger partial charge in [-0.2, -0.15) is 5.26 Å². The van der Waals surface area contributed by atoms with E-state index in [1.54, 1.807) is 0 Å². The molecule has 3 nitrogen and oxygen atoms in total. The summed E-state index contributed by atoms with van der Waals surface area (Å²) in [4.78, 5) is 0. The first-order chi connectivity index (χ1) is 9.27. The van der Waals surface area contributed by atoms with Crippen LogP contribution in [-0.2, 0) is 0 Å². The smallest absolute Gasteiger partial charge is 0.138 e. The number of aryl methyl sites for hydroxylation is 1. The van der Waals surface area contributed by atoms with Crippen molar-refractivity contribution in [2.24, 2.45) is 0 Å². The van der Waals surface area contributed by atoms with E-state index in [0.29, 0.717) is 12.5 Å². The summed E-state index contributed by atoms with van der Waals surface area (Å²) in [6.45, 7) is 12.6. The van der Waals surface area contributed by atoms with Crippen molar-refractivity contribution in [3.05, 3.63) is 29.3 Å². The summed E-state index contributed by atoms with van der Waals surface area (Å²) >= 11 is 0. The van der Waals surface area contributed by atoms with E-state index in [2.05, 4.69) is 37.4 Å². The van der Waals surface area contributed by atoms with E-state index >= 15 is 0 Å². The third kappa shape index (κ3) is 4.54. The number of nitrogens with zero attached hydrogens (tertiary/aromatic N) is 1. The topological polar surface area (TPSA) is 45.0 Å². The van der Waals surface area contributed by atoms with Crippen molar-refractivity contribution < 1.29 is 4.74 Å². The number of nitrogens with one attached hydrogen (secondary N) is 1. The standard InChI is InChI=1S/C17H26N2O/c1-12(2)15-8-7-14(5)9-16(15)20-11-17(6,10-18)19-13(3)4/h7-9,12-13,19H,11H2,1-6H3. The van der Waals surface area contributed by atoms with Gasteiger partial charge in [-0.15, -0.1) is 0 Å². The Balaban J connectivity index is 2.88. The molecule has 0 fully saturated rings. The van der Waals surface area contributed by atoms with Crippen LogP contribution in [0.1, 0.15) is 51.7 Å². The summed E-state index contributed by atoms with van der Waals surface area (Å²) in [5, 5.41) is 12.6. The van der Waals surface area contributed by atoms with Crippen LogP contribution in [0.5, 0.6) is 5.75 Å². The van der Waals surface area contributed by atoms with Gasteiger partial charge in [0.05, 0.1) is 6.07 Å². The van der Waals surface area contributed by atoms with E-state index in [0.717, 1.165) is 5.75 Å². The van der Waals surface area contributed by atoms with Crippen LogP contribution in [0.15, 0.2) is 18.2 Å². The van der Waals surface area contributed by atoms with Crippen molar-refractivity contribution >= 4 is 0 Å². The van der Waals surface area contributed by atoms with Gasteiger partial charge in [-0.25, -0.2) is 0 Å². The van der Waals surface area contributed by atoms with Crippen LogP contribution in [-0.4, -0.2) is 18.2 Å². The van der Waals surface area contributed by atoms with Gasteiger partial charge in [0.2, 0.25) is 0 Å². The molecule has 110 valence electrons. The summed E-state index contributed by atoms with van der Waals surface area (Å²) in [5.41, 5.74) is 1.67. The third-order valence-electron chi connectivity index (χ3n) is 3.16. The first kappa shape index (κ1) is 16.5. The number of benzene rings is 1. The van der Waals surface area contributed by atoms with Crippen LogP contribution >= 0.6 is 0 Å². The summed E-state index contributed by atoms with van der Waals surface area (Å²) in [7, 11) is 0. The van der Waals surface area contributed by atoms with E-state index < -0.39 is 5.54 Å². The Labute approximate surface area is 123 Å². The van der Waals surface area contributed by atoms with E-state index in [4.69, 9.17) is 4.74 Å². The molecule has 1 aromatic rings. The van der Waals surface area contributed by atoms with Gasteiger partial charge in [0.15, 0.2) is 0 Å². The molecule has 1 rings (SSSR count). The largest absolute Gasteiger partial charge is 0.490 e. The van der Waals surface area contributed by atoms with Crippen molar-refractivity contribution in [3.8, 4) is 11.8 Å². The minimum atomic E-state index is -0.674. The number of hydrogen-bond acceptors (Lipinski definition) is 3. The molecular formula is C17H26N2O. The minimum absolute atomic E-state index is 0.241. The van der Waals surface area contributed by atoms with Crippen molar-refractivity contribution in [3.63, 3.8) is 0 Å². The van der Waals surface area contributed by atoms with Crippen LogP contribution in [0.4, 0.5) is 0 Å². The van der Waals surface area contributed by atoms with Gasteiger partial charge in [0, 0.05) is 6.04 Å². The first-order valence-corrected chi connectivity index (χ1v) is 7.19. The van der Waals surface area contributed by atoms with E-state index in [-0.39, 0.29) is 6.04 Å². The van der Waals surface area contributed by atoms with Gasteiger partial charge in [-0.05, 0) is 50.8 Å². The highest BCUT2D eigenvalue weighted by Gasteiger charge is 2.26. The zero-order valence-electron chi connectivity index (χ0n) is 13.4. The lowest BCUT2D eigenvalue weighted by molar-refractivity contribution is 0.223. The Bertz CT molecular complexity index is 488. The molecule has 0 radical (unpaired) electrons. The quantitative estimate of drug-likeness (QED) is 0.858. The average molecular weight is 274 g/mol. The Morgan fingerprint density at radius 3 is 2.45 bits per heavy atom. The molecule has 20 heavy (non-hydrogen) atoms. The summed E-state index contributed by atoms with van der Waals surface area (Å²) < 4.78 is 5.95. The maximum atomic E-state index is 9.35. The number of rotatable bonds is 6. The normalized spacial score (nSPS) is 14.2. The van der Waals surface area contributed by atoms with Gasteiger partial charge < -0.3 is 4.74 Å². The number of ether oxygens (including phenoxy) is 1. The van der Waals surface area contributed by atoms with Crippen LogP contribution in [0.25, 0.3) is 0 Å². The van der Waals surface area contributed by atoms with E-state index in [1.165, 1.54) is 11.1 Å². The Morgan fingerprint density at radius 1 is 1.30 bits per heavy atom. The summed E-state index contributed by atoms with van der Waals surface area (Å²) in [5.74, 6) is 1.28. The van der Waals surface area contributed by atoms with Crippen molar-refractivity contribution in [1.29, 1.82) is 5.26 Å². The molecule has 1 N–H and O–H groups in total. The third-order valence-corrected chi connectivity index (χ3v) is 3.16. The fourth-order valence-electron chi connectivity index (χ4n) is 2.21. The van der Waals surface area contributed by atoms with Crippen LogP contribution in [0.3, 0.4) is 0 Å². The lowest BCUT2D eigenvalue weighted by Gasteiger charge is -2.27. The summed E-state index contributed by atoms with van der Waals surface area (Å²) in [6.07, 6.45) is 0. The molecule has 3 heteroatoms. The second-order valence-corrected chi connectivity index (χ2v) is 6.23. The molecule has 0 saturated heterocycles. The van der Waals surface area contributed by atoms with Crippen molar-refractivity contribution in [2.75, 3.05) is 6.61 Å². The van der Waals surface area contributed by atoms with Crippen LogP contribution in [0, 0.1) is 18.3 Å². The highest BCUT2D eigenvalue weighted by molar-refractivity contribution is 5.39. The predicted octanol–water partition coefficient (Wildman–Crippen LogP) is 3.78. The fourth-order valence-corrected chi connectivity index (χ4v) is 2.21. The molecule has 0 amide bonds. The minimum Gasteiger partial charge on any atom is -0.490 e. The maximum Gasteiger partial charge on any atom is 0.138 e. The molecule has 1 aromatic carbocycles. The highest BCUT2D eigenvalue weighted by atomic mass is 16.5. The van der Waals surface area contributed by atoms with Gasteiger partial charge in [-0.3, -0.25) is 5.32 Å². The van der Waals surface area contributed by atoms with Gasteiger partial charge in [-0.1, -0.05) is 26.0 Å². The Kier molecular flexibility index (Phi) is 5.59. The second kappa shape index (κ2) is 6.76. The van der Waals surface area contributed by atoms with E-state index in [9.17, 15) is 5.26 Å². The number of hydrogen-bond donors (Lipinski definition) is 1. The lowest BCUT2D eigenvalue weighted by atomic mass is 10.00. The molecule has 0 saturated carbocycles. The van der Waals surface area contributed by atoms with Crippen molar-refractivity contribution in [1.82, 2.24) is 5.32 Å². The van der Waals surface area contributed by atoms with Crippen LogP contribution in [0.2, 0.25) is 0 Å². The lowest BCUT2D eigenvalue weighted by Crippen LogP contribution is -2.49. The average Bonchev–Trinajstić information content (AvgIpc) is 2.35. The number of nitriles is 1. The zero-order chi connectivity index (χ0) is 15.3. The summed E-state index contributed by atoms with van der Waals surface area (Å²) in [6, 6.07) is 8.79. The Hall–Kier alpha value is -1.53. The predicted molar refractivity (Wildman–Crippen MR) is 83.1 cm³/mol. The maximum absolute atomic E-state index is 9.35. The van der Waals surface area contributed by atoms with Gasteiger partial charge >= 0.3 is 0 Å². The molecule has 0 aliphatic rings. The van der Waals surface area contributed by atoms with Gasteiger partial charge in [0.25, 0.3) is 0 Å². The molecule has 1 unspecified atom stereocenters. The zero-order valence-corrected chi connectivity index (χ0v) is 13.4. The second-order valence-electron chi connectivity index (χ2n) is 6.23. The molecule has 0 aliphatic carbocycles. The molecule has 1 atom stereocenters. The van der Waals surface area contributed by atoms with Crippen LogP contribution < -0.4 is 10.1 Å². The van der Waals surface area contributed by atoms with Gasteiger partial charge in [0.1, 0.15) is 17.9 Å². The first-order valence-electron chi connectivity index (χ1n) is 7.19. The molecule has 0 heterocycles. The highest BCUT2D eigenvalue weighted by Crippen LogP contribution is 2.28. The molecule has 0 aliphatic heterocycles. The van der Waals surface area contributed by atoms with E-state index in [1.807, 2.05) is 33.8 Å². The molecule has 0 aromatic heterocycles. The fraction of sp³-hybridized carbons (Fsp3) is 0.588. The Morgan fingerprint density at radius 2 is 1.95 bits per heavy atom.